The lowest BCUT2D eigenvalue weighted by atomic mass is 9.97. The van der Waals surface area contributed by atoms with E-state index in [1.807, 2.05) is 26.0 Å². The molecule has 0 aromatic carbocycles. The molecule has 0 heterocycles. The Morgan fingerprint density at radius 2 is 1.73 bits per heavy atom. The summed E-state index contributed by atoms with van der Waals surface area (Å²) in [7, 11) is 4.04. The summed E-state index contributed by atoms with van der Waals surface area (Å²) in [6, 6.07) is 0. The third kappa shape index (κ3) is 12.1. The first-order valence-corrected chi connectivity index (χ1v) is 10.3. The number of rotatable bonds is 15. The normalized spacial score (nSPS) is 15.5. The number of esters is 2. The number of hydrogen-bond donors (Lipinski definition) is 1. The van der Waals surface area contributed by atoms with Crippen LogP contribution in [0.2, 0.25) is 0 Å². The monoisotopic (exact) mass is 446 g/mol. The molecule has 30 heavy (non-hydrogen) atoms. The predicted molar refractivity (Wildman–Crippen MR) is 116 cm³/mol. The largest absolute Gasteiger partial charge is 0.468 e. The minimum Gasteiger partial charge on any atom is -0.468 e. The summed E-state index contributed by atoms with van der Waals surface area (Å²) in [4.78, 5) is 23.3. The zero-order chi connectivity index (χ0) is 22.9. The van der Waals surface area contributed by atoms with Gasteiger partial charge in [0.25, 0.3) is 0 Å². The Bertz CT molecular complexity index is 570. The van der Waals surface area contributed by atoms with Gasteiger partial charge in [-0.15, -0.1) is 11.6 Å². The highest BCUT2D eigenvalue weighted by Gasteiger charge is 2.27. The van der Waals surface area contributed by atoms with Gasteiger partial charge in [-0.3, -0.25) is 9.59 Å². The van der Waals surface area contributed by atoms with Crippen LogP contribution in [0.15, 0.2) is 36.0 Å². The molecule has 172 valence electrons. The maximum absolute atomic E-state index is 11.7. The lowest BCUT2D eigenvalue weighted by Crippen LogP contribution is -2.25. The maximum atomic E-state index is 11.7. The summed E-state index contributed by atoms with van der Waals surface area (Å²) in [5, 5.41) is 9.61. The Balaban J connectivity index is 4.84. The van der Waals surface area contributed by atoms with Gasteiger partial charge in [-0.1, -0.05) is 42.9 Å². The van der Waals surface area contributed by atoms with Crippen molar-refractivity contribution in [2.75, 3.05) is 34.0 Å². The zero-order valence-corrected chi connectivity index (χ0v) is 19.3. The summed E-state index contributed by atoms with van der Waals surface area (Å²) >= 11 is 5.63. The summed E-state index contributed by atoms with van der Waals surface area (Å²) < 4.78 is 20.1. The van der Waals surface area contributed by atoms with E-state index >= 15 is 0 Å². The first-order chi connectivity index (χ1) is 14.3. The number of hydrogen-bond acceptors (Lipinski definition) is 7. The zero-order valence-electron chi connectivity index (χ0n) is 18.5. The van der Waals surface area contributed by atoms with Gasteiger partial charge < -0.3 is 24.1 Å². The molecule has 0 saturated heterocycles. The van der Waals surface area contributed by atoms with E-state index in [0.29, 0.717) is 0 Å². The number of carbonyl (C=O) groups is 2. The Labute approximate surface area is 184 Å². The predicted octanol–water partition coefficient (Wildman–Crippen LogP) is 3.40. The van der Waals surface area contributed by atoms with Crippen molar-refractivity contribution in [3.05, 3.63) is 36.0 Å². The second-order valence-electron chi connectivity index (χ2n) is 6.89. The quantitative estimate of drug-likeness (QED) is 0.103. The Morgan fingerprint density at radius 1 is 1.10 bits per heavy atom. The molecule has 0 aliphatic heterocycles. The van der Waals surface area contributed by atoms with Crippen molar-refractivity contribution in [2.45, 2.75) is 45.3 Å². The first-order valence-electron chi connectivity index (χ1n) is 9.81. The number of ether oxygens (including phenoxy) is 4. The van der Waals surface area contributed by atoms with Crippen LogP contribution < -0.4 is 0 Å². The molecule has 0 aromatic rings. The molecule has 7 nitrogen and oxygen atoms in total. The maximum Gasteiger partial charge on any atom is 0.320 e. The minimum atomic E-state index is -0.974. The molecule has 0 radical (unpaired) electrons. The number of aliphatic hydroxyl groups excluding tert-OH is 1. The summed E-state index contributed by atoms with van der Waals surface area (Å²) in [5.74, 6) is -1.97. The van der Waals surface area contributed by atoms with E-state index in [0.717, 1.165) is 18.4 Å². The topological polar surface area (TPSA) is 91.3 Å². The van der Waals surface area contributed by atoms with Gasteiger partial charge in [0.15, 0.2) is 5.92 Å². The fourth-order valence-electron chi connectivity index (χ4n) is 2.71. The van der Waals surface area contributed by atoms with Gasteiger partial charge in [0.05, 0.1) is 32.3 Å². The Hall–Kier alpha value is -1.67. The number of allylic oxidation sites excluding steroid dienone is 4. The molecule has 0 rings (SSSR count). The number of carbonyl (C=O) groups excluding carboxylic acids is 2. The van der Waals surface area contributed by atoms with Crippen LogP contribution in [-0.2, 0) is 28.5 Å². The molecule has 8 heteroatoms. The van der Waals surface area contributed by atoms with E-state index in [9.17, 15) is 14.7 Å². The van der Waals surface area contributed by atoms with Crippen molar-refractivity contribution in [3.8, 4) is 0 Å². The standard InChI is InChI=1S/C22H35ClO7/c1-16(13-18(24)14-23)11-12-20(30-15-27-3)17(2)9-7-6-8-10-19(21(25)28-4)22(26)29-5/h6-9,13,17-20,24H,10-12,14-15H2,1-5H3/b8-6-,9-7+,16-13-/t17-,18?,20-/m1/s1. The van der Waals surface area contributed by atoms with Crippen LogP contribution >= 0.6 is 11.6 Å². The molecule has 0 aromatic heterocycles. The van der Waals surface area contributed by atoms with Gasteiger partial charge in [-0.2, -0.15) is 0 Å². The average Bonchev–Trinajstić information content (AvgIpc) is 2.74. The summed E-state index contributed by atoms with van der Waals surface area (Å²) in [6.07, 6.45) is 10.0. The minimum absolute atomic E-state index is 0.0796. The number of alkyl halides is 1. The fraction of sp³-hybridized carbons (Fsp3) is 0.636. The molecule has 0 fully saturated rings. The number of methoxy groups -OCH3 is 3. The lowest BCUT2D eigenvalue weighted by molar-refractivity contribution is -0.158. The first kappa shape index (κ1) is 28.3. The second-order valence-corrected chi connectivity index (χ2v) is 7.20. The van der Waals surface area contributed by atoms with Crippen LogP contribution in [0.1, 0.15) is 33.1 Å². The smallest absolute Gasteiger partial charge is 0.320 e. The summed E-state index contributed by atoms with van der Waals surface area (Å²) in [6.45, 7) is 4.17. The highest BCUT2D eigenvalue weighted by molar-refractivity contribution is 6.18. The van der Waals surface area contributed by atoms with E-state index in [4.69, 9.17) is 21.1 Å². The van der Waals surface area contributed by atoms with Gasteiger partial charge in [-0.05, 0) is 26.2 Å². The van der Waals surface area contributed by atoms with Crippen LogP contribution in [0.5, 0.6) is 0 Å². The van der Waals surface area contributed by atoms with Gasteiger partial charge in [0, 0.05) is 13.0 Å². The van der Waals surface area contributed by atoms with Crippen LogP contribution in [0, 0.1) is 11.8 Å². The molecular formula is C22H35ClO7. The van der Waals surface area contributed by atoms with Crippen molar-refractivity contribution in [2.24, 2.45) is 11.8 Å². The highest BCUT2D eigenvalue weighted by atomic mass is 35.5. The SMILES string of the molecule is COCO[C@H](CC/C(C)=C\C(O)CCl)[C@H](C)/C=C/C=C\CC(C(=O)OC)C(=O)OC. The van der Waals surface area contributed by atoms with E-state index in [1.165, 1.54) is 14.2 Å². The van der Waals surface area contributed by atoms with Crippen molar-refractivity contribution in [1.29, 1.82) is 0 Å². The van der Waals surface area contributed by atoms with Gasteiger partial charge in [0.1, 0.15) is 6.79 Å². The average molecular weight is 447 g/mol. The van der Waals surface area contributed by atoms with E-state index in [2.05, 4.69) is 9.47 Å². The third-order valence-electron chi connectivity index (χ3n) is 4.45. The number of halogens is 1. The van der Waals surface area contributed by atoms with Crippen molar-refractivity contribution < 1.29 is 33.6 Å². The highest BCUT2D eigenvalue weighted by Crippen LogP contribution is 2.19. The van der Waals surface area contributed by atoms with Gasteiger partial charge in [0.2, 0.25) is 0 Å². The van der Waals surface area contributed by atoms with Gasteiger partial charge in [-0.25, -0.2) is 0 Å². The van der Waals surface area contributed by atoms with Crippen LogP contribution in [0.4, 0.5) is 0 Å². The van der Waals surface area contributed by atoms with Crippen molar-refractivity contribution >= 4 is 23.5 Å². The molecule has 3 atom stereocenters. The van der Waals surface area contributed by atoms with E-state index in [-0.39, 0.29) is 31.1 Å². The molecular weight excluding hydrogens is 412 g/mol. The molecule has 0 spiro atoms. The van der Waals surface area contributed by atoms with Crippen molar-refractivity contribution in [3.63, 3.8) is 0 Å². The van der Waals surface area contributed by atoms with Crippen molar-refractivity contribution in [1.82, 2.24) is 0 Å². The fourth-order valence-corrected chi connectivity index (χ4v) is 2.80. The molecule has 0 amide bonds. The van der Waals surface area contributed by atoms with E-state index < -0.39 is 24.0 Å². The number of aliphatic hydroxyl groups is 1. The lowest BCUT2D eigenvalue weighted by Gasteiger charge is -2.22. The molecule has 0 bridgehead atoms. The molecule has 1 N–H and O–H groups in total. The van der Waals surface area contributed by atoms with Crippen LogP contribution in [0.3, 0.4) is 0 Å². The van der Waals surface area contributed by atoms with E-state index in [1.54, 1.807) is 25.3 Å². The third-order valence-corrected chi connectivity index (χ3v) is 4.77. The van der Waals surface area contributed by atoms with Crippen LogP contribution in [0.25, 0.3) is 0 Å². The molecule has 0 saturated carbocycles. The second kappa shape index (κ2) is 17.1. The summed E-state index contributed by atoms with van der Waals surface area (Å²) in [5.41, 5.74) is 1.04. The molecule has 0 aliphatic rings. The molecule has 0 aliphatic carbocycles. The Morgan fingerprint density at radius 3 is 2.27 bits per heavy atom. The Kier molecular flexibility index (Phi) is 16.1. The van der Waals surface area contributed by atoms with Gasteiger partial charge >= 0.3 is 11.9 Å². The van der Waals surface area contributed by atoms with Crippen LogP contribution in [-0.4, -0.2) is 63.3 Å². The molecule has 1 unspecified atom stereocenters.